The van der Waals surface area contributed by atoms with Gasteiger partial charge in [-0.15, -0.1) is 0 Å². The maximum Gasteiger partial charge on any atom is 0.338 e. The van der Waals surface area contributed by atoms with Crippen molar-refractivity contribution in [3.8, 4) is 0 Å². The SMILES string of the molecule is NC1CCC(CCC(OC(=O)c2ccc(C(=O)OC(CCC3CCC(N)CC3)C3CCC(N)CC3)cc2)C2CCC(N)CC2)CC1. The Hall–Kier alpha value is -2.00. The number of hydrogen-bond donors (Lipinski definition) is 4. The molecule has 4 aliphatic rings. The Morgan fingerprint density at radius 1 is 0.500 bits per heavy atom. The molecule has 0 aromatic heterocycles. The lowest BCUT2D eigenvalue weighted by Crippen LogP contribution is -2.35. The minimum absolute atomic E-state index is 0.107. The lowest BCUT2D eigenvalue weighted by atomic mass is 9.78. The van der Waals surface area contributed by atoms with Gasteiger partial charge in [0.1, 0.15) is 12.2 Å². The smallest absolute Gasteiger partial charge is 0.338 e. The average molecular weight is 639 g/mol. The van der Waals surface area contributed by atoms with Crippen molar-refractivity contribution in [1.29, 1.82) is 0 Å². The second-order valence-corrected chi connectivity index (χ2v) is 15.5. The molecule has 4 aliphatic carbocycles. The number of carbonyl (C=O) groups is 2. The van der Waals surface area contributed by atoms with E-state index in [0.717, 1.165) is 103 Å². The summed E-state index contributed by atoms with van der Waals surface area (Å²) in [7, 11) is 0. The van der Waals surface area contributed by atoms with Gasteiger partial charge in [-0.05, 0) is 176 Å². The standard InChI is InChI=1S/C38H62N4O4/c39-31-15-1-25(2-16-31)5-23-35(27-11-19-33(41)20-12-27)45-37(43)29-7-9-30(10-8-29)38(44)46-36(28-13-21-34(42)22-14-28)24-6-26-3-17-32(40)18-4-26/h7-10,25-28,31-36H,1-6,11-24,39-42H2. The summed E-state index contributed by atoms with van der Waals surface area (Å²) in [5.41, 5.74) is 25.6. The Balaban J connectivity index is 1.17. The Morgan fingerprint density at radius 3 is 1.09 bits per heavy atom. The molecule has 2 unspecified atom stereocenters. The molecule has 0 bridgehead atoms. The van der Waals surface area contributed by atoms with Crippen LogP contribution in [0, 0.1) is 23.7 Å². The highest BCUT2D eigenvalue weighted by atomic mass is 16.5. The Morgan fingerprint density at radius 2 is 0.783 bits per heavy atom. The number of nitrogens with two attached hydrogens (primary N) is 4. The fourth-order valence-corrected chi connectivity index (χ4v) is 8.72. The summed E-state index contributed by atoms with van der Waals surface area (Å²) in [6, 6.07) is 8.05. The van der Waals surface area contributed by atoms with Gasteiger partial charge in [0.2, 0.25) is 0 Å². The lowest BCUT2D eigenvalue weighted by Gasteiger charge is -2.34. The van der Waals surface area contributed by atoms with Crippen LogP contribution in [0.25, 0.3) is 0 Å². The largest absolute Gasteiger partial charge is 0.458 e. The molecule has 8 N–H and O–H groups in total. The highest BCUT2D eigenvalue weighted by Gasteiger charge is 2.32. The highest BCUT2D eigenvalue weighted by Crippen LogP contribution is 2.35. The van der Waals surface area contributed by atoms with Crippen LogP contribution in [-0.2, 0) is 9.47 Å². The molecule has 46 heavy (non-hydrogen) atoms. The summed E-state index contributed by atoms with van der Waals surface area (Å²) >= 11 is 0. The minimum Gasteiger partial charge on any atom is -0.458 e. The van der Waals surface area contributed by atoms with Gasteiger partial charge < -0.3 is 32.4 Å². The third-order valence-electron chi connectivity index (χ3n) is 12.1. The van der Waals surface area contributed by atoms with Crippen molar-refractivity contribution in [2.45, 2.75) is 165 Å². The molecule has 8 nitrogen and oxygen atoms in total. The molecular weight excluding hydrogens is 576 g/mol. The predicted octanol–water partition coefficient (Wildman–Crippen LogP) is 6.37. The monoisotopic (exact) mass is 638 g/mol. The summed E-state index contributed by atoms with van der Waals surface area (Å²) < 4.78 is 12.5. The molecule has 2 atom stereocenters. The van der Waals surface area contributed by atoms with E-state index < -0.39 is 0 Å². The summed E-state index contributed by atoms with van der Waals surface area (Å²) in [6.07, 6.45) is 20.7. The molecule has 0 amide bonds. The van der Waals surface area contributed by atoms with E-state index in [1.165, 1.54) is 25.7 Å². The molecule has 1 aromatic carbocycles. The quantitative estimate of drug-likeness (QED) is 0.193. The highest BCUT2D eigenvalue weighted by molar-refractivity contribution is 5.93. The van der Waals surface area contributed by atoms with E-state index in [1.807, 2.05) is 0 Å². The van der Waals surface area contributed by atoms with Crippen molar-refractivity contribution < 1.29 is 19.1 Å². The summed E-state index contributed by atoms with van der Waals surface area (Å²) in [6.45, 7) is 0. The Bertz CT molecular complexity index is 982. The molecule has 0 aliphatic heterocycles. The maximum atomic E-state index is 13.4. The van der Waals surface area contributed by atoms with E-state index in [9.17, 15) is 9.59 Å². The van der Waals surface area contributed by atoms with Gasteiger partial charge in [0.15, 0.2) is 0 Å². The molecule has 258 valence electrons. The summed E-state index contributed by atoms with van der Waals surface area (Å²) in [5.74, 6) is 1.39. The van der Waals surface area contributed by atoms with Crippen LogP contribution in [0.5, 0.6) is 0 Å². The molecule has 4 fully saturated rings. The Labute approximate surface area is 277 Å². The van der Waals surface area contributed by atoms with Crippen LogP contribution in [0.3, 0.4) is 0 Å². The lowest BCUT2D eigenvalue weighted by molar-refractivity contribution is 0.0000565. The van der Waals surface area contributed by atoms with Crippen LogP contribution in [0.15, 0.2) is 24.3 Å². The summed E-state index contributed by atoms with van der Waals surface area (Å²) in [4.78, 5) is 26.8. The van der Waals surface area contributed by atoms with E-state index in [1.54, 1.807) is 24.3 Å². The van der Waals surface area contributed by atoms with Crippen molar-refractivity contribution >= 4 is 11.9 Å². The van der Waals surface area contributed by atoms with Crippen molar-refractivity contribution in [1.82, 2.24) is 0 Å². The molecule has 1 aromatic rings. The fourth-order valence-electron chi connectivity index (χ4n) is 8.72. The number of carbonyl (C=O) groups excluding carboxylic acids is 2. The van der Waals surface area contributed by atoms with Crippen molar-refractivity contribution in [2.75, 3.05) is 0 Å². The first-order chi connectivity index (χ1) is 22.2. The fraction of sp³-hybridized carbons (Fsp3) is 0.789. The van der Waals surface area contributed by atoms with Crippen molar-refractivity contribution in [2.24, 2.45) is 46.6 Å². The molecule has 0 saturated heterocycles. The average Bonchev–Trinajstić information content (AvgIpc) is 3.07. The second kappa shape index (κ2) is 17.4. The first-order valence-electron chi connectivity index (χ1n) is 18.8. The van der Waals surface area contributed by atoms with E-state index in [-0.39, 0.29) is 36.2 Å². The maximum absolute atomic E-state index is 13.4. The van der Waals surface area contributed by atoms with Crippen LogP contribution in [-0.4, -0.2) is 48.3 Å². The van der Waals surface area contributed by atoms with Crippen LogP contribution in [0.4, 0.5) is 0 Å². The van der Waals surface area contributed by atoms with Gasteiger partial charge in [0, 0.05) is 24.2 Å². The predicted molar refractivity (Wildman–Crippen MR) is 183 cm³/mol. The first-order valence-corrected chi connectivity index (χ1v) is 18.8. The zero-order chi connectivity index (χ0) is 32.5. The number of benzene rings is 1. The van der Waals surface area contributed by atoms with E-state index in [2.05, 4.69) is 0 Å². The minimum atomic E-state index is -0.311. The van der Waals surface area contributed by atoms with Crippen LogP contribution < -0.4 is 22.9 Å². The third kappa shape index (κ3) is 10.5. The van der Waals surface area contributed by atoms with Crippen LogP contribution >= 0.6 is 0 Å². The van der Waals surface area contributed by atoms with Crippen LogP contribution in [0.1, 0.15) is 149 Å². The molecular formula is C38H62N4O4. The van der Waals surface area contributed by atoms with Gasteiger partial charge >= 0.3 is 11.9 Å². The second-order valence-electron chi connectivity index (χ2n) is 15.5. The Kier molecular flexibility index (Phi) is 13.4. The van der Waals surface area contributed by atoms with Crippen LogP contribution in [0.2, 0.25) is 0 Å². The number of hydrogen-bond acceptors (Lipinski definition) is 8. The molecule has 8 heteroatoms. The van der Waals surface area contributed by atoms with Gasteiger partial charge in [0.05, 0.1) is 11.1 Å². The van der Waals surface area contributed by atoms with Gasteiger partial charge in [-0.1, -0.05) is 0 Å². The van der Waals surface area contributed by atoms with Gasteiger partial charge in [-0.3, -0.25) is 0 Å². The van der Waals surface area contributed by atoms with Gasteiger partial charge in [-0.2, -0.15) is 0 Å². The number of esters is 2. The van der Waals surface area contributed by atoms with Crippen molar-refractivity contribution in [3.05, 3.63) is 35.4 Å². The number of rotatable bonds is 12. The molecule has 0 heterocycles. The van der Waals surface area contributed by atoms with Crippen molar-refractivity contribution in [3.63, 3.8) is 0 Å². The first kappa shape index (κ1) is 35.3. The molecule has 0 radical (unpaired) electrons. The molecule has 4 saturated carbocycles. The third-order valence-corrected chi connectivity index (χ3v) is 12.1. The van der Waals surface area contributed by atoms with Gasteiger partial charge in [-0.25, -0.2) is 9.59 Å². The normalized spacial score (nSPS) is 33.5. The zero-order valence-corrected chi connectivity index (χ0v) is 28.2. The molecule has 5 rings (SSSR count). The van der Waals surface area contributed by atoms with E-state index in [4.69, 9.17) is 32.4 Å². The van der Waals surface area contributed by atoms with Gasteiger partial charge in [0.25, 0.3) is 0 Å². The van der Waals surface area contributed by atoms with E-state index in [0.29, 0.717) is 46.9 Å². The topological polar surface area (TPSA) is 157 Å². The van der Waals surface area contributed by atoms with E-state index >= 15 is 0 Å². The zero-order valence-electron chi connectivity index (χ0n) is 28.2. The number of ether oxygens (including phenoxy) is 2. The summed E-state index contributed by atoms with van der Waals surface area (Å²) in [5, 5.41) is 0. The molecule has 0 spiro atoms.